The summed E-state index contributed by atoms with van der Waals surface area (Å²) in [5, 5.41) is 2.97. The van der Waals surface area contributed by atoms with Crippen LogP contribution in [0.5, 0.6) is 5.75 Å². The second-order valence-corrected chi connectivity index (χ2v) is 9.86. The summed E-state index contributed by atoms with van der Waals surface area (Å²) >= 11 is 0. The molecule has 2 aromatic rings. The average Bonchev–Trinajstić information content (AvgIpc) is 2.79. The number of rotatable bonds is 9. The van der Waals surface area contributed by atoms with Gasteiger partial charge < -0.3 is 10.1 Å². The third-order valence-electron chi connectivity index (χ3n) is 5.63. The molecule has 0 spiro atoms. The number of nitrogens with one attached hydrogen (secondary N) is 1. The van der Waals surface area contributed by atoms with Gasteiger partial charge in [0.25, 0.3) is 0 Å². The molecule has 0 aliphatic carbocycles. The van der Waals surface area contributed by atoms with Crippen LogP contribution in [0.3, 0.4) is 0 Å². The molecule has 1 amide bonds. The van der Waals surface area contributed by atoms with Crippen molar-refractivity contribution in [3.05, 3.63) is 59.7 Å². The van der Waals surface area contributed by atoms with E-state index in [-0.39, 0.29) is 18.4 Å². The van der Waals surface area contributed by atoms with E-state index in [1.807, 2.05) is 45.0 Å². The number of anilines is 1. The Hall–Kier alpha value is -2.58. The van der Waals surface area contributed by atoms with Crippen molar-refractivity contribution in [3.63, 3.8) is 0 Å². The number of hydrogen-bond donors (Lipinski definition) is 1. The standard InChI is InChI=1S/C24H33N3O4S/c1-4-27(22-11-13-23(14-12-22)31-5-2)32(29,30)26-15-7-10-21(18-26)24(28)25-17-20-9-6-8-19(3)16-20/h6,8-9,11-14,16,21H,4-5,7,10,15,17-18H2,1-3H3,(H,25,28)/t21-/m1/s1. The van der Waals surface area contributed by atoms with Gasteiger partial charge >= 0.3 is 10.2 Å². The number of nitrogens with zero attached hydrogens (tertiary/aromatic N) is 2. The lowest BCUT2D eigenvalue weighted by atomic mass is 9.98. The van der Waals surface area contributed by atoms with E-state index in [0.717, 1.165) is 11.1 Å². The maximum absolute atomic E-state index is 13.4. The van der Waals surface area contributed by atoms with Gasteiger partial charge in [-0.2, -0.15) is 12.7 Å². The molecule has 3 rings (SSSR count). The molecule has 0 unspecified atom stereocenters. The first-order valence-electron chi connectivity index (χ1n) is 11.2. The molecule has 0 bridgehead atoms. The molecule has 0 saturated carbocycles. The van der Waals surface area contributed by atoms with Crippen LogP contribution in [0, 0.1) is 12.8 Å². The van der Waals surface area contributed by atoms with E-state index in [0.29, 0.717) is 50.5 Å². The monoisotopic (exact) mass is 459 g/mol. The smallest absolute Gasteiger partial charge is 0.304 e. The topological polar surface area (TPSA) is 79.0 Å². The summed E-state index contributed by atoms with van der Waals surface area (Å²) in [5.74, 6) is 0.242. The van der Waals surface area contributed by atoms with Crippen molar-refractivity contribution in [2.75, 3.05) is 30.5 Å². The van der Waals surface area contributed by atoms with Crippen LogP contribution in [0.4, 0.5) is 5.69 Å². The Kier molecular flexibility index (Phi) is 8.15. The summed E-state index contributed by atoms with van der Waals surface area (Å²) in [6, 6.07) is 15.0. The van der Waals surface area contributed by atoms with E-state index in [2.05, 4.69) is 5.32 Å². The molecule has 0 aromatic heterocycles. The molecule has 1 atom stereocenters. The van der Waals surface area contributed by atoms with E-state index in [4.69, 9.17) is 4.74 Å². The molecule has 1 fully saturated rings. The predicted molar refractivity (Wildman–Crippen MR) is 127 cm³/mol. The SMILES string of the molecule is CCOc1ccc(N(CC)S(=O)(=O)N2CCC[C@@H](C(=O)NCc3cccc(C)c3)C2)cc1. The van der Waals surface area contributed by atoms with Crippen LogP contribution in [0.25, 0.3) is 0 Å². The van der Waals surface area contributed by atoms with E-state index >= 15 is 0 Å². The molecule has 1 aliphatic rings. The summed E-state index contributed by atoms with van der Waals surface area (Å²) in [6.45, 7) is 7.63. The lowest BCUT2D eigenvalue weighted by molar-refractivity contribution is -0.126. The molecule has 1 aliphatic heterocycles. The number of ether oxygens (including phenoxy) is 1. The zero-order valence-corrected chi connectivity index (χ0v) is 19.9. The van der Waals surface area contributed by atoms with Crippen LogP contribution in [0.2, 0.25) is 0 Å². The Balaban J connectivity index is 1.67. The highest BCUT2D eigenvalue weighted by Crippen LogP contribution is 2.27. The van der Waals surface area contributed by atoms with Gasteiger partial charge in [0, 0.05) is 26.2 Å². The van der Waals surface area contributed by atoms with Crippen molar-refractivity contribution in [3.8, 4) is 5.75 Å². The average molecular weight is 460 g/mol. The van der Waals surface area contributed by atoms with Crippen LogP contribution < -0.4 is 14.4 Å². The van der Waals surface area contributed by atoms with Crippen molar-refractivity contribution < 1.29 is 17.9 Å². The molecule has 2 aromatic carbocycles. The molecule has 0 radical (unpaired) electrons. The first-order valence-corrected chi connectivity index (χ1v) is 12.6. The van der Waals surface area contributed by atoms with E-state index in [1.165, 1.54) is 8.61 Å². The van der Waals surface area contributed by atoms with Crippen molar-refractivity contribution >= 4 is 21.8 Å². The zero-order chi connectivity index (χ0) is 23.1. The Labute approximate surface area is 191 Å². The minimum atomic E-state index is -3.75. The highest BCUT2D eigenvalue weighted by atomic mass is 32.2. The van der Waals surface area contributed by atoms with Crippen molar-refractivity contribution in [2.45, 2.75) is 40.2 Å². The number of carbonyl (C=O) groups is 1. The maximum Gasteiger partial charge on any atom is 0.304 e. The highest BCUT2D eigenvalue weighted by molar-refractivity contribution is 7.90. The first-order chi connectivity index (χ1) is 15.3. The van der Waals surface area contributed by atoms with E-state index < -0.39 is 10.2 Å². The number of amides is 1. The van der Waals surface area contributed by atoms with Crippen LogP contribution in [0.1, 0.15) is 37.8 Å². The predicted octanol–water partition coefficient (Wildman–Crippen LogP) is 3.49. The van der Waals surface area contributed by atoms with Crippen LogP contribution in [0.15, 0.2) is 48.5 Å². The van der Waals surface area contributed by atoms with Gasteiger partial charge in [0.2, 0.25) is 5.91 Å². The normalized spacial score (nSPS) is 17.0. The van der Waals surface area contributed by atoms with Crippen LogP contribution in [-0.4, -0.2) is 44.9 Å². The van der Waals surface area contributed by atoms with Crippen molar-refractivity contribution in [1.29, 1.82) is 0 Å². The fourth-order valence-corrected chi connectivity index (χ4v) is 5.74. The highest BCUT2D eigenvalue weighted by Gasteiger charge is 2.35. The number of carbonyl (C=O) groups excluding carboxylic acids is 1. The number of hydrogen-bond acceptors (Lipinski definition) is 4. The molecule has 8 heteroatoms. The molecule has 7 nitrogen and oxygen atoms in total. The minimum Gasteiger partial charge on any atom is -0.494 e. The second kappa shape index (κ2) is 10.8. The minimum absolute atomic E-state index is 0.101. The quantitative estimate of drug-likeness (QED) is 0.623. The molecule has 1 N–H and O–H groups in total. The number of piperidine rings is 1. The van der Waals surface area contributed by atoms with Crippen LogP contribution in [-0.2, 0) is 21.5 Å². The van der Waals surface area contributed by atoms with Crippen molar-refractivity contribution in [1.82, 2.24) is 9.62 Å². The molecular formula is C24H33N3O4S. The van der Waals surface area contributed by atoms with Gasteiger partial charge in [-0.05, 0) is 63.4 Å². The maximum atomic E-state index is 13.4. The third-order valence-corrected chi connectivity index (χ3v) is 7.64. The molecule has 1 heterocycles. The summed E-state index contributed by atoms with van der Waals surface area (Å²) in [5.41, 5.74) is 2.76. The lowest BCUT2D eigenvalue weighted by Gasteiger charge is -2.35. The summed E-state index contributed by atoms with van der Waals surface area (Å²) in [4.78, 5) is 12.8. The zero-order valence-electron chi connectivity index (χ0n) is 19.1. The summed E-state index contributed by atoms with van der Waals surface area (Å²) in [7, 11) is -3.75. The Morgan fingerprint density at radius 1 is 1.19 bits per heavy atom. The fraction of sp³-hybridized carbons (Fsp3) is 0.458. The first kappa shape index (κ1) is 24.1. The molecule has 174 valence electrons. The second-order valence-electron chi connectivity index (χ2n) is 8.00. The Morgan fingerprint density at radius 3 is 2.59 bits per heavy atom. The van der Waals surface area contributed by atoms with E-state index in [9.17, 15) is 13.2 Å². The number of aryl methyl sites for hydroxylation is 1. The van der Waals surface area contributed by atoms with Gasteiger partial charge in [0.05, 0.1) is 18.2 Å². The van der Waals surface area contributed by atoms with Gasteiger partial charge in [-0.15, -0.1) is 0 Å². The van der Waals surface area contributed by atoms with Crippen LogP contribution >= 0.6 is 0 Å². The Morgan fingerprint density at radius 2 is 1.94 bits per heavy atom. The van der Waals surface area contributed by atoms with Crippen molar-refractivity contribution in [2.24, 2.45) is 5.92 Å². The lowest BCUT2D eigenvalue weighted by Crippen LogP contribution is -2.50. The summed E-state index contributed by atoms with van der Waals surface area (Å²) in [6.07, 6.45) is 1.34. The van der Waals surface area contributed by atoms with Gasteiger partial charge in [0.1, 0.15) is 5.75 Å². The van der Waals surface area contributed by atoms with E-state index in [1.54, 1.807) is 24.3 Å². The fourth-order valence-electron chi connectivity index (χ4n) is 4.02. The molecule has 32 heavy (non-hydrogen) atoms. The number of benzene rings is 2. The van der Waals surface area contributed by atoms with Gasteiger partial charge in [-0.3, -0.25) is 9.10 Å². The Bertz CT molecular complexity index is 1010. The largest absolute Gasteiger partial charge is 0.494 e. The molecular weight excluding hydrogens is 426 g/mol. The summed E-state index contributed by atoms with van der Waals surface area (Å²) < 4.78 is 35.1. The van der Waals surface area contributed by atoms with Gasteiger partial charge in [0.15, 0.2) is 0 Å². The molecule has 1 saturated heterocycles. The van der Waals surface area contributed by atoms with Gasteiger partial charge in [-0.25, -0.2) is 0 Å². The van der Waals surface area contributed by atoms with Gasteiger partial charge in [-0.1, -0.05) is 29.8 Å². The third kappa shape index (κ3) is 5.81.